The van der Waals surface area contributed by atoms with Crippen molar-refractivity contribution in [2.45, 2.75) is 40.0 Å². The number of hydrogen-bond donors (Lipinski definition) is 0. The summed E-state index contributed by atoms with van der Waals surface area (Å²) < 4.78 is 5.35. The predicted molar refractivity (Wildman–Crippen MR) is 52.2 cm³/mol. The Morgan fingerprint density at radius 2 is 1.75 bits per heavy atom. The van der Waals surface area contributed by atoms with Crippen molar-refractivity contribution < 1.29 is 4.74 Å². The molecular weight excluding hydrogens is 148 g/mol. The summed E-state index contributed by atoms with van der Waals surface area (Å²) in [6.07, 6.45) is 3.95. The van der Waals surface area contributed by atoms with Crippen LogP contribution in [0.3, 0.4) is 0 Å². The second kappa shape index (κ2) is 4.86. The Hall–Kier alpha value is -0.0400. The lowest BCUT2D eigenvalue weighted by molar-refractivity contribution is 0.0460. The van der Waals surface area contributed by atoms with Crippen LogP contribution in [-0.4, -0.2) is 13.2 Å². The predicted octanol–water partition coefficient (Wildman–Crippen LogP) is 3.10. The topological polar surface area (TPSA) is 9.23 Å². The Labute approximate surface area is 76.5 Å². The minimum Gasteiger partial charge on any atom is -0.381 e. The fourth-order valence-electron chi connectivity index (χ4n) is 2.22. The third kappa shape index (κ3) is 3.14. The van der Waals surface area contributed by atoms with Crippen molar-refractivity contribution in [2.24, 2.45) is 17.8 Å². The lowest BCUT2D eigenvalue weighted by Crippen LogP contribution is -2.22. The average molecular weight is 170 g/mol. The SMILES string of the molecule is CC(C)CC(C)C1CCOCC1. The van der Waals surface area contributed by atoms with Crippen LogP contribution in [0.1, 0.15) is 40.0 Å². The van der Waals surface area contributed by atoms with E-state index in [-0.39, 0.29) is 0 Å². The minimum atomic E-state index is 0.850. The van der Waals surface area contributed by atoms with Crippen LogP contribution in [-0.2, 0) is 4.74 Å². The smallest absolute Gasteiger partial charge is 0.0468 e. The first-order valence-electron chi connectivity index (χ1n) is 5.28. The van der Waals surface area contributed by atoms with Gasteiger partial charge in [-0.15, -0.1) is 0 Å². The van der Waals surface area contributed by atoms with E-state index in [0.29, 0.717) is 0 Å². The van der Waals surface area contributed by atoms with Gasteiger partial charge in [-0.1, -0.05) is 20.8 Å². The van der Waals surface area contributed by atoms with E-state index in [4.69, 9.17) is 4.74 Å². The van der Waals surface area contributed by atoms with E-state index in [9.17, 15) is 0 Å². The molecule has 1 aliphatic heterocycles. The van der Waals surface area contributed by atoms with Gasteiger partial charge in [-0.3, -0.25) is 0 Å². The zero-order valence-electron chi connectivity index (χ0n) is 8.68. The van der Waals surface area contributed by atoms with E-state index >= 15 is 0 Å². The molecule has 0 radical (unpaired) electrons. The van der Waals surface area contributed by atoms with E-state index in [2.05, 4.69) is 20.8 Å². The Morgan fingerprint density at radius 3 is 2.25 bits per heavy atom. The summed E-state index contributed by atoms with van der Waals surface area (Å²) in [6, 6.07) is 0. The lowest BCUT2D eigenvalue weighted by atomic mass is 9.82. The molecular formula is C11H22O. The zero-order valence-corrected chi connectivity index (χ0v) is 8.68. The van der Waals surface area contributed by atoms with Gasteiger partial charge in [0.1, 0.15) is 0 Å². The molecule has 0 aromatic heterocycles. The summed E-state index contributed by atoms with van der Waals surface area (Å²) >= 11 is 0. The van der Waals surface area contributed by atoms with Crippen molar-refractivity contribution in [1.82, 2.24) is 0 Å². The van der Waals surface area contributed by atoms with E-state index in [0.717, 1.165) is 31.0 Å². The maximum atomic E-state index is 5.35. The van der Waals surface area contributed by atoms with Gasteiger partial charge in [0, 0.05) is 13.2 Å². The Morgan fingerprint density at radius 1 is 1.17 bits per heavy atom. The standard InChI is InChI=1S/C11H22O/c1-9(2)8-10(3)11-4-6-12-7-5-11/h9-11H,4-8H2,1-3H3. The zero-order chi connectivity index (χ0) is 8.97. The molecule has 0 amide bonds. The quantitative estimate of drug-likeness (QED) is 0.632. The Kier molecular flexibility index (Phi) is 4.07. The lowest BCUT2D eigenvalue weighted by Gasteiger charge is -2.28. The van der Waals surface area contributed by atoms with Crippen molar-refractivity contribution in [2.75, 3.05) is 13.2 Å². The van der Waals surface area contributed by atoms with Gasteiger partial charge < -0.3 is 4.74 Å². The second-order valence-electron chi connectivity index (χ2n) is 4.56. The van der Waals surface area contributed by atoms with Crippen LogP contribution in [0.15, 0.2) is 0 Å². The van der Waals surface area contributed by atoms with Crippen LogP contribution in [0, 0.1) is 17.8 Å². The van der Waals surface area contributed by atoms with Gasteiger partial charge in [0.05, 0.1) is 0 Å². The molecule has 1 unspecified atom stereocenters. The van der Waals surface area contributed by atoms with Crippen LogP contribution in [0.2, 0.25) is 0 Å². The van der Waals surface area contributed by atoms with E-state index in [1.807, 2.05) is 0 Å². The van der Waals surface area contributed by atoms with Crippen molar-refractivity contribution in [1.29, 1.82) is 0 Å². The highest BCUT2D eigenvalue weighted by Gasteiger charge is 2.20. The highest BCUT2D eigenvalue weighted by atomic mass is 16.5. The fraction of sp³-hybridized carbons (Fsp3) is 1.00. The third-order valence-corrected chi connectivity index (χ3v) is 2.91. The molecule has 0 saturated carbocycles. The number of hydrogen-bond acceptors (Lipinski definition) is 1. The molecule has 12 heavy (non-hydrogen) atoms. The molecule has 1 rings (SSSR count). The van der Waals surface area contributed by atoms with Gasteiger partial charge >= 0.3 is 0 Å². The third-order valence-electron chi connectivity index (χ3n) is 2.91. The van der Waals surface area contributed by atoms with Gasteiger partial charge in [0.25, 0.3) is 0 Å². The van der Waals surface area contributed by atoms with E-state index < -0.39 is 0 Å². The molecule has 1 aliphatic rings. The average Bonchev–Trinajstić information content (AvgIpc) is 2.05. The van der Waals surface area contributed by atoms with Crippen molar-refractivity contribution >= 4 is 0 Å². The van der Waals surface area contributed by atoms with Crippen molar-refractivity contribution in [3.8, 4) is 0 Å². The Bertz CT molecular complexity index is 114. The van der Waals surface area contributed by atoms with Crippen LogP contribution < -0.4 is 0 Å². The first-order chi connectivity index (χ1) is 5.70. The molecule has 0 aliphatic carbocycles. The Balaban J connectivity index is 2.24. The second-order valence-corrected chi connectivity index (χ2v) is 4.56. The van der Waals surface area contributed by atoms with Crippen molar-refractivity contribution in [3.63, 3.8) is 0 Å². The molecule has 0 aromatic carbocycles. The maximum absolute atomic E-state index is 5.35. The van der Waals surface area contributed by atoms with Gasteiger partial charge in [-0.25, -0.2) is 0 Å². The number of ether oxygens (including phenoxy) is 1. The summed E-state index contributed by atoms with van der Waals surface area (Å²) in [4.78, 5) is 0. The van der Waals surface area contributed by atoms with Crippen LogP contribution in [0.4, 0.5) is 0 Å². The van der Waals surface area contributed by atoms with E-state index in [1.165, 1.54) is 19.3 Å². The minimum absolute atomic E-state index is 0.850. The van der Waals surface area contributed by atoms with Gasteiger partial charge in [0.2, 0.25) is 0 Å². The van der Waals surface area contributed by atoms with Gasteiger partial charge in [-0.2, -0.15) is 0 Å². The molecule has 0 N–H and O–H groups in total. The molecule has 1 fully saturated rings. The normalized spacial score (nSPS) is 23.0. The highest BCUT2D eigenvalue weighted by Crippen LogP contribution is 2.27. The molecule has 0 bridgehead atoms. The first-order valence-corrected chi connectivity index (χ1v) is 5.28. The molecule has 1 heteroatoms. The molecule has 1 atom stereocenters. The molecule has 72 valence electrons. The summed E-state index contributed by atoms with van der Waals surface area (Å²) in [5.41, 5.74) is 0. The highest BCUT2D eigenvalue weighted by molar-refractivity contribution is 4.70. The van der Waals surface area contributed by atoms with E-state index in [1.54, 1.807) is 0 Å². The maximum Gasteiger partial charge on any atom is 0.0468 e. The van der Waals surface area contributed by atoms with Crippen molar-refractivity contribution in [3.05, 3.63) is 0 Å². The number of rotatable bonds is 3. The molecule has 0 aromatic rings. The first kappa shape index (κ1) is 10.0. The summed E-state index contributed by atoms with van der Waals surface area (Å²) in [5.74, 6) is 2.68. The summed E-state index contributed by atoms with van der Waals surface area (Å²) in [5, 5.41) is 0. The van der Waals surface area contributed by atoms with Crippen LogP contribution in [0.5, 0.6) is 0 Å². The molecule has 1 nitrogen and oxygen atoms in total. The van der Waals surface area contributed by atoms with Gasteiger partial charge in [0.15, 0.2) is 0 Å². The summed E-state index contributed by atoms with van der Waals surface area (Å²) in [6.45, 7) is 9.02. The van der Waals surface area contributed by atoms with Crippen LogP contribution >= 0.6 is 0 Å². The largest absolute Gasteiger partial charge is 0.381 e. The molecule has 1 saturated heterocycles. The van der Waals surface area contributed by atoms with Gasteiger partial charge in [-0.05, 0) is 37.0 Å². The summed E-state index contributed by atoms with van der Waals surface area (Å²) in [7, 11) is 0. The van der Waals surface area contributed by atoms with Crippen LogP contribution in [0.25, 0.3) is 0 Å². The monoisotopic (exact) mass is 170 g/mol. The molecule has 0 spiro atoms. The molecule has 1 heterocycles. The fourth-order valence-corrected chi connectivity index (χ4v) is 2.22.